The van der Waals surface area contributed by atoms with Gasteiger partial charge in [0.1, 0.15) is 0 Å². The molecule has 207 valence electrons. The maximum atomic E-state index is 4.82. The van der Waals surface area contributed by atoms with E-state index in [4.69, 9.17) is 4.65 Å². The van der Waals surface area contributed by atoms with E-state index in [9.17, 15) is 0 Å². The molecule has 3 fully saturated rings. The molecule has 3 aliphatic carbocycles. The van der Waals surface area contributed by atoms with Gasteiger partial charge >= 0.3 is 0 Å². The molecule has 0 aliphatic heterocycles. The van der Waals surface area contributed by atoms with Crippen LogP contribution in [0.15, 0.2) is 0 Å². The summed E-state index contributed by atoms with van der Waals surface area (Å²) in [4.78, 5) is 0. The first-order valence-electron chi connectivity index (χ1n) is 14.5. The van der Waals surface area contributed by atoms with Gasteiger partial charge in [-0.25, -0.2) is 0 Å². The molecule has 0 aromatic rings. The van der Waals surface area contributed by atoms with Gasteiger partial charge in [-0.05, 0) is 96.4 Å². The average molecular weight is 680 g/mol. The summed E-state index contributed by atoms with van der Waals surface area (Å²) in [5.41, 5.74) is 3.32. The van der Waals surface area contributed by atoms with Gasteiger partial charge in [0.05, 0.1) is 8.07 Å². The second-order valence-electron chi connectivity index (χ2n) is 14.8. The Labute approximate surface area is 266 Å². The SMILES string of the molecule is C[C]1[C](C)[C](C)[C]([Si](C)(C)[C]2[CH][CH][C]([C@H]3C[C@H](C)CC[C@H]3C(C)C)[CH]2)[C]1C.C[Si](C)(C)[N-][Si](C)(C)C.[La]. The summed E-state index contributed by atoms with van der Waals surface area (Å²) in [6, 6.07) is 0. The molecule has 0 saturated heterocycles. The van der Waals surface area contributed by atoms with Gasteiger partial charge in [0.25, 0.3) is 0 Å². The molecule has 3 saturated carbocycles. The summed E-state index contributed by atoms with van der Waals surface area (Å²) in [6.45, 7) is 35.5. The number of hydrogen-bond acceptors (Lipinski definition) is 0. The molecule has 0 amide bonds. The fourth-order valence-electron chi connectivity index (χ4n) is 6.97. The Bertz CT molecular complexity index is 657. The minimum atomic E-state index is -1.66. The third-order valence-electron chi connectivity index (χ3n) is 8.68. The second-order valence-corrected chi connectivity index (χ2v) is 28.7. The smallest absolute Gasteiger partial charge is 0.0626 e. The standard InChI is InChI=1S/C26H40Si.C6H18NSi2.La/c1-16(2)24-13-10-17(3)14-25(24)22-11-12-23(15-22)27(8,9)26-20(6)18(4)19(5)21(26)7;1-8(2,3)7-9(4,5)6;/h11-12,15-17,24-25H,10,13-14H2,1-9H3;1-6H3;/q;-1;/t17-,24+,25-;;/m1../s1. The first-order chi connectivity index (χ1) is 16.3. The van der Waals surface area contributed by atoms with E-state index in [0.29, 0.717) is 0 Å². The zero-order valence-electron chi connectivity index (χ0n) is 27.2. The van der Waals surface area contributed by atoms with E-state index in [-0.39, 0.29) is 35.6 Å². The molecule has 0 N–H and O–H groups in total. The van der Waals surface area contributed by atoms with Crippen molar-refractivity contribution in [2.24, 2.45) is 23.7 Å². The van der Waals surface area contributed by atoms with Gasteiger partial charge in [-0.15, -0.1) is 0 Å². The van der Waals surface area contributed by atoms with Crippen LogP contribution in [-0.4, -0.2) is 24.5 Å². The minimum absolute atomic E-state index is 0. The molecule has 0 aromatic heterocycles. The van der Waals surface area contributed by atoms with E-state index in [0.717, 1.165) is 23.7 Å². The molecule has 0 spiro atoms. The maximum Gasteiger partial charge on any atom is 0.0626 e. The molecule has 3 aliphatic rings. The van der Waals surface area contributed by atoms with Crippen LogP contribution >= 0.6 is 0 Å². The molecule has 3 atom stereocenters. The molecular formula is C32H58LaNSi3-. The molecule has 0 bridgehead atoms. The molecule has 1 nitrogen and oxygen atoms in total. The Morgan fingerprint density at radius 1 is 0.757 bits per heavy atom. The van der Waals surface area contributed by atoms with E-state index in [2.05, 4.69) is 120 Å². The van der Waals surface area contributed by atoms with E-state index in [1.165, 1.54) is 31.1 Å². The summed E-state index contributed by atoms with van der Waals surface area (Å²) >= 11 is 0. The average Bonchev–Trinajstić information content (AvgIpc) is 3.27. The zero-order valence-corrected chi connectivity index (χ0v) is 33.8. The van der Waals surface area contributed by atoms with E-state index < -0.39 is 24.5 Å². The zero-order chi connectivity index (χ0) is 27.8. The normalized spacial score (nSPS) is 29.0. The van der Waals surface area contributed by atoms with Gasteiger partial charge in [0, 0.05) is 35.6 Å². The Morgan fingerprint density at radius 3 is 1.65 bits per heavy atom. The van der Waals surface area contributed by atoms with Gasteiger partial charge in [0.15, 0.2) is 0 Å². The summed E-state index contributed by atoms with van der Waals surface area (Å²) < 4.78 is 4.82. The van der Waals surface area contributed by atoms with Crippen LogP contribution in [0.2, 0.25) is 52.4 Å². The molecule has 11 radical (unpaired) electrons. The van der Waals surface area contributed by atoms with Crippen LogP contribution in [0.25, 0.3) is 4.65 Å². The van der Waals surface area contributed by atoms with Crippen LogP contribution in [0.3, 0.4) is 0 Å². The summed E-state index contributed by atoms with van der Waals surface area (Å²) in [5.74, 6) is 11.0. The van der Waals surface area contributed by atoms with E-state index >= 15 is 0 Å². The number of nitrogens with zero attached hydrogens (tertiary/aromatic N) is 1. The Kier molecular flexibility index (Phi) is 14.3. The van der Waals surface area contributed by atoms with Crippen molar-refractivity contribution in [3.8, 4) is 0 Å². The van der Waals surface area contributed by atoms with E-state index in [1.807, 2.05) is 0 Å². The minimum Gasteiger partial charge on any atom is -0.668 e. The monoisotopic (exact) mass is 679 g/mol. The van der Waals surface area contributed by atoms with Crippen molar-refractivity contribution in [1.82, 2.24) is 0 Å². The van der Waals surface area contributed by atoms with Crippen LogP contribution in [0.4, 0.5) is 0 Å². The largest absolute Gasteiger partial charge is 0.668 e. The van der Waals surface area contributed by atoms with E-state index in [1.54, 1.807) is 28.8 Å². The summed E-state index contributed by atoms with van der Waals surface area (Å²) in [7, 11) is -3.88. The van der Waals surface area contributed by atoms with Gasteiger partial charge in [-0.3, -0.25) is 0 Å². The predicted molar refractivity (Wildman–Crippen MR) is 171 cm³/mol. The molecular weight excluding hydrogens is 622 g/mol. The summed E-state index contributed by atoms with van der Waals surface area (Å²) in [6.07, 6.45) is 11.8. The van der Waals surface area contributed by atoms with Gasteiger partial charge in [0.2, 0.25) is 0 Å². The van der Waals surface area contributed by atoms with Crippen molar-refractivity contribution in [1.29, 1.82) is 0 Å². The Balaban J connectivity index is 0.000000589. The first kappa shape index (κ1) is 36.8. The fourth-order valence-corrected chi connectivity index (χ4v) is 18.6. The van der Waals surface area contributed by atoms with Gasteiger partial charge < -0.3 is 4.65 Å². The van der Waals surface area contributed by atoms with Crippen molar-refractivity contribution in [2.45, 2.75) is 120 Å². The molecule has 0 unspecified atom stereocenters. The second kappa shape index (κ2) is 14.3. The maximum absolute atomic E-state index is 4.82. The van der Waals surface area contributed by atoms with Gasteiger partial charge in [-0.1, -0.05) is 124 Å². The third kappa shape index (κ3) is 9.95. The van der Waals surface area contributed by atoms with Crippen LogP contribution in [-0.2, 0) is 0 Å². The van der Waals surface area contributed by atoms with Crippen molar-refractivity contribution < 1.29 is 35.6 Å². The fraction of sp³-hybridized carbons (Fsp3) is 0.688. The number of rotatable bonds is 6. The van der Waals surface area contributed by atoms with Crippen molar-refractivity contribution in [2.75, 3.05) is 0 Å². The molecule has 5 heteroatoms. The van der Waals surface area contributed by atoms with Crippen LogP contribution in [0.5, 0.6) is 0 Å². The molecule has 37 heavy (non-hydrogen) atoms. The van der Waals surface area contributed by atoms with Crippen molar-refractivity contribution in [3.05, 3.63) is 64.6 Å². The quantitative estimate of drug-likeness (QED) is 0.248. The Hall–Kier alpha value is 1.81. The Morgan fingerprint density at radius 2 is 1.24 bits per heavy atom. The molecule has 0 aromatic carbocycles. The molecule has 0 heterocycles. The molecule has 3 rings (SSSR count). The van der Waals surface area contributed by atoms with Crippen LogP contribution < -0.4 is 0 Å². The van der Waals surface area contributed by atoms with Crippen LogP contribution in [0.1, 0.15) is 67.7 Å². The third-order valence-corrected chi connectivity index (χ3v) is 17.8. The van der Waals surface area contributed by atoms with Gasteiger partial charge in [-0.2, -0.15) is 0 Å². The number of hydrogen-bond donors (Lipinski definition) is 0. The van der Waals surface area contributed by atoms with Crippen molar-refractivity contribution >= 4 is 24.5 Å². The van der Waals surface area contributed by atoms with Crippen LogP contribution in [0, 0.1) is 119 Å². The summed E-state index contributed by atoms with van der Waals surface area (Å²) in [5, 5.41) is 0. The first-order valence-corrected chi connectivity index (χ1v) is 24.4. The predicted octanol–water partition coefficient (Wildman–Crippen LogP) is 10.3. The topological polar surface area (TPSA) is 14.1 Å². The van der Waals surface area contributed by atoms with Crippen molar-refractivity contribution in [3.63, 3.8) is 0 Å².